The van der Waals surface area contributed by atoms with Gasteiger partial charge in [0.2, 0.25) is 5.91 Å². The molecule has 3 rings (SSSR count). The Kier molecular flexibility index (Phi) is 20.1. The van der Waals surface area contributed by atoms with Crippen molar-refractivity contribution >= 4 is 11.9 Å². The van der Waals surface area contributed by atoms with Gasteiger partial charge in [0.25, 0.3) is 5.09 Å². The topological polar surface area (TPSA) is 117 Å². The number of aryl methyl sites for hydroxylation is 1. The summed E-state index contributed by atoms with van der Waals surface area (Å²) in [7, 11) is 0. The van der Waals surface area contributed by atoms with Crippen molar-refractivity contribution in [2.24, 2.45) is 5.92 Å². The Morgan fingerprint density at radius 3 is 2.40 bits per heavy atom. The van der Waals surface area contributed by atoms with E-state index in [0.717, 1.165) is 37.5 Å². The molecule has 1 N–H and O–H groups in total. The van der Waals surface area contributed by atoms with E-state index >= 15 is 0 Å². The SMILES string of the molecule is C/C=C\CCCC(=O)NCC(=O)Oc1ccc(CO[N+](=O)[O-])cc1.CC.Cc1cccc(OCC/C=C/C2CCCC2)c1. The van der Waals surface area contributed by atoms with Crippen molar-refractivity contribution in [3.8, 4) is 11.5 Å². The zero-order chi connectivity index (χ0) is 31.7. The molecule has 0 atom stereocenters. The lowest BCUT2D eigenvalue weighted by Gasteiger charge is -2.07. The Labute approximate surface area is 256 Å². The van der Waals surface area contributed by atoms with Crippen LogP contribution in [0.15, 0.2) is 72.8 Å². The van der Waals surface area contributed by atoms with Gasteiger partial charge in [-0.1, -0.05) is 75.3 Å². The molecule has 9 nitrogen and oxygen atoms in total. The van der Waals surface area contributed by atoms with Crippen LogP contribution in [-0.2, 0) is 21.0 Å². The highest BCUT2D eigenvalue weighted by atomic mass is 16.9. The first-order chi connectivity index (χ1) is 20.9. The minimum Gasteiger partial charge on any atom is -0.493 e. The van der Waals surface area contributed by atoms with Crippen molar-refractivity contribution in [2.45, 2.75) is 85.7 Å². The fourth-order valence-corrected chi connectivity index (χ4v) is 4.14. The van der Waals surface area contributed by atoms with E-state index in [-0.39, 0.29) is 24.8 Å². The van der Waals surface area contributed by atoms with Crippen LogP contribution in [-0.4, -0.2) is 30.1 Å². The third-order valence-electron chi connectivity index (χ3n) is 6.28. The summed E-state index contributed by atoms with van der Waals surface area (Å²) in [5.41, 5.74) is 1.82. The number of nitrogens with zero attached hydrogens (tertiary/aromatic N) is 1. The zero-order valence-electron chi connectivity index (χ0n) is 26.1. The number of rotatable bonds is 15. The summed E-state index contributed by atoms with van der Waals surface area (Å²) < 4.78 is 10.7. The fourth-order valence-electron chi connectivity index (χ4n) is 4.14. The van der Waals surface area contributed by atoms with Crippen LogP contribution in [0.5, 0.6) is 11.5 Å². The van der Waals surface area contributed by atoms with E-state index in [1.807, 2.05) is 45.1 Å². The quantitative estimate of drug-likeness (QED) is 0.0559. The highest BCUT2D eigenvalue weighted by molar-refractivity contribution is 5.82. The molecule has 43 heavy (non-hydrogen) atoms. The van der Waals surface area contributed by atoms with Crippen LogP contribution in [0.1, 0.15) is 83.3 Å². The lowest BCUT2D eigenvalue weighted by atomic mass is 10.1. The Balaban J connectivity index is 0.000000426. The number of unbranched alkanes of at least 4 members (excludes halogenated alkanes) is 1. The molecule has 1 fully saturated rings. The Hall–Kier alpha value is -4.14. The minimum absolute atomic E-state index is 0.176. The molecule has 2 aromatic carbocycles. The van der Waals surface area contributed by atoms with Gasteiger partial charge in [0, 0.05) is 6.42 Å². The van der Waals surface area contributed by atoms with E-state index in [1.54, 1.807) is 12.1 Å². The molecular formula is C34H48N2O7. The Morgan fingerprint density at radius 1 is 1.02 bits per heavy atom. The number of esters is 1. The second kappa shape index (κ2) is 23.4. The number of carbonyl (C=O) groups is 2. The van der Waals surface area contributed by atoms with Gasteiger partial charge < -0.3 is 19.6 Å². The normalized spacial score (nSPS) is 12.6. The molecule has 1 saturated carbocycles. The molecule has 0 heterocycles. The van der Waals surface area contributed by atoms with E-state index in [4.69, 9.17) is 9.47 Å². The first kappa shape index (κ1) is 36.9. The number of allylic oxidation sites excluding steroid dienone is 3. The van der Waals surface area contributed by atoms with Gasteiger partial charge in [-0.3, -0.25) is 4.79 Å². The van der Waals surface area contributed by atoms with Crippen molar-refractivity contribution in [1.29, 1.82) is 0 Å². The molecule has 0 unspecified atom stereocenters. The fraction of sp³-hybridized carbons (Fsp3) is 0.471. The maximum absolute atomic E-state index is 11.6. The van der Waals surface area contributed by atoms with Crippen molar-refractivity contribution < 1.29 is 29.0 Å². The molecule has 1 aliphatic rings. The smallest absolute Gasteiger partial charge is 0.330 e. The molecule has 0 spiro atoms. The predicted molar refractivity (Wildman–Crippen MR) is 169 cm³/mol. The maximum atomic E-state index is 11.6. The molecule has 1 amide bonds. The van der Waals surface area contributed by atoms with E-state index in [2.05, 4.69) is 41.4 Å². The lowest BCUT2D eigenvalue weighted by Crippen LogP contribution is -2.31. The van der Waals surface area contributed by atoms with Crippen molar-refractivity contribution in [3.63, 3.8) is 0 Å². The first-order valence-electron chi connectivity index (χ1n) is 15.2. The second-order valence-electron chi connectivity index (χ2n) is 9.78. The maximum Gasteiger partial charge on any atom is 0.330 e. The van der Waals surface area contributed by atoms with Gasteiger partial charge in [0.05, 0.1) is 6.61 Å². The van der Waals surface area contributed by atoms with Gasteiger partial charge in [-0.25, -0.2) is 4.79 Å². The number of hydrogen-bond donors (Lipinski definition) is 1. The Morgan fingerprint density at radius 2 is 1.74 bits per heavy atom. The van der Waals surface area contributed by atoms with E-state index < -0.39 is 11.1 Å². The largest absolute Gasteiger partial charge is 0.493 e. The van der Waals surface area contributed by atoms with Crippen LogP contribution in [0.2, 0.25) is 0 Å². The third-order valence-corrected chi connectivity index (χ3v) is 6.28. The molecule has 0 radical (unpaired) electrons. The van der Waals surface area contributed by atoms with Crippen LogP contribution >= 0.6 is 0 Å². The third kappa shape index (κ3) is 18.8. The first-order valence-corrected chi connectivity index (χ1v) is 15.2. The van der Waals surface area contributed by atoms with Crippen LogP contribution in [0.3, 0.4) is 0 Å². The van der Waals surface area contributed by atoms with Crippen molar-refractivity contribution in [3.05, 3.63) is 94.1 Å². The number of nitrogens with one attached hydrogen (secondary N) is 1. The monoisotopic (exact) mass is 596 g/mol. The summed E-state index contributed by atoms with van der Waals surface area (Å²) in [5.74, 6) is 1.32. The highest BCUT2D eigenvalue weighted by Gasteiger charge is 2.11. The van der Waals surface area contributed by atoms with Crippen molar-refractivity contribution in [1.82, 2.24) is 5.32 Å². The summed E-state index contributed by atoms with van der Waals surface area (Å²) in [5, 5.41) is 11.7. The minimum atomic E-state index is -0.880. The van der Waals surface area contributed by atoms with Crippen LogP contribution < -0.4 is 14.8 Å². The lowest BCUT2D eigenvalue weighted by molar-refractivity contribution is -0.763. The Bertz CT molecular complexity index is 1120. The zero-order valence-corrected chi connectivity index (χ0v) is 26.1. The molecule has 0 bridgehead atoms. The standard InChI is InChI=1S/C16H20N2O6.C16H22O.C2H6/c1-2-3-4-5-6-15(19)17-11-16(20)24-14-9-7-13(8-10-14)12-23-18(21)22;1-14-7-6-11-16(13-14)17-12-5-4-10-15-8-2-3-9-15;1-2/h2-3,7-10H,4-6,11-12H2,1H3,(H,17,19);4,6-7,10-11,13,15H,2-3,5,8-9,12H2,1H3;1-2H3/b3-2-;10-4+;. The number of ether oxygens (including phenoxy) is 2. The highest BCUT2D eigenvalue weighted by Crippen LogP contribution is 2.25. The molecule has 9 heteroatoms. The summed E-state index contributed by atoms with van der Waals surface area (Å²) in [6.07, 6.45) is 17.1. The average molecular weight is 597 g/mol. The molecule has 2 aromatic rings. The van der Waals surface area contributed by atoms with E-state index in [9.17, 15) is 19.7 Å². The summed E-state index contributed by atoms with van der Waals surface area (Å²) in [4.78, 5) is 37.5. The van der Waals surface area contributed by atoms with Crippen LogP contribution in [0.25, 0.3) is 0 Å². The molecular weight excluding hydrogens is 548 g/mol. The average Bonchev–Trinajstić information content (AvgIpc) is 3.53. The van der Waals surface area contributed by atoms with Gasteiger partial charge in [-0.2, -0.15) is 0 Å². The van der Waals surface area contributed by atoms with Gasteiger partial charge in [0.1, 0.15) is 24.7 Å². The van der Waals surface area contributed by atoms with Gasteiger partial charge in [-0.15, -0.1) is 10.1 Å². The van der Waals surface area contributed by atoms with E-state index in [1.165, 1.54) is 43.4 Å². The van der Waals surface area contributed by atoms with Crippen LogP contribution in [0.4, 0.5) is 0 Å². The molecule has 0 saturated heterocycles. The van der Waals surface area contributed by atoms with Gasteiger partial charge in [-0.05, 0) is 87.3 Å². The summed E-state index contributed by atoms with van der Waals surface area (Å²) >= 11 is 0. The van der Waals surface area contributed by atoms with Gasteiger partial charge >= 0.3 is 5.97 Å². The summed E-state index contributed by atoms with van der Waals surface area (Å²) in [6, 6.07) is 14.3. The molecule has 0 aliphatic heterocycles. The van der Waals surface area contributed by atoms with Gasteiger partial charge in [0.15, 0.2) is 0 Å². The van der Waals surface area contributed by atoms with Crippen LogP contribution in [0, 0.1) is 23.0 Å². The number of carbonyl (C=O) groups excluding carboxylic acids is 2. The number of hydrogen-bond acceptors (Lipinski definition) is 7. The van der Waals surface area contributed by atoms with Crippen molar-refractivity contribution in [2.75, 3.05) is 13.2 Å². The second-order valence-corrected chi connectivity index (χ2v) is 9.78. The molecule has 0 aromatic heterocycles. The molecule has 1 aliphatic carbocycles. The number of amides is 1. The summed E-state index contributed by atoms with van der Waals surface area (Å²) in [6.45, 7) is 8.40. The van der Waals surface area contributed by atoms with E-state index in [0.29, 0.717) is 12.0 Å². The molecule has 236 valence electrons. The number of benzene rings is 2. The predicted octanol–water partition coefficient (Wildman–Crippen LogP) is 7.70.